The van der Waals surface area contributed by atoms with Gasteiger partial charge in [-0.05, 0) is 43.8 Å². The van der Waals surface area contributed by atoms with Gasteiger partial charge in [-0.1, -0.05) is 6.92 Å². The minimum absolute atomic E-state index is 0.0822. The number of ether oxygens (including phenoxy) is 2. The highest BCUT2D eigenvalue weighted by Crippen LogP contribution is 2.41. The van der Waals surface area contributed by atoms with Gasteiger partial charge in [-0.25, -0.2) is 0 Å². The van der Waals surface area contributed by atoms with Gasteiger partial charge in [0.1, 0.15) is 0 Å². The molecule has 2 rings (SSSR count). The zero-order chi connectivity index (χ0) is 12.8. The van der Waals surface area contributed by atoms with Crippen LogP contribution >= 0.6 is 11.8 Å². The van der Waals surface area contributed by atoms with Gasteiger partial charge in [0.25, 0.3) is 0 Å². The molecular formula is C14H26O3S. The first-order valence-electron chi connectivity index (χ1n) is 7.23. The SMILES string of the molecule is CCCOCCC(O)C1CCOC2(CCSC2)C1. The first-order valence-corrected chi connectivity index (χ1v) is 8.39. The molecule has 106 valence electrons. The summed E-state index contributed by atoms with van der Waals surface area (Å²) < 4.78 is 11.5. The van der Waals surface area contributed by atoms with Crippen LogP contribution in [0.1, 0.15) is 39.0 Å². The predicted octanol–water partition coefficient (Wildman–Crippen LogP) is 2.47. The first-order chi connectivity index (χ1) is 8.76. The molecule has 2 aliphatic heterocycles. The van der Waals surface area contributed by atoms with E-state index < -0.39 is 0 Å². The molecule has 1 N–H and O–H groups in total. The lowest BCUT2D eigenvalue weighted by atomic mass is 9.81. The highest BCUT2D eigenvalue weighted by molar-refractivity contribution is 7.99. The van der Waals surface area contributed by atoms with Crippen LogP contribution in [0.5, 0.6) is 0 Å². The number of hydrogen-bond donors (Lipinski definition) is 1. The van der Waals surface area contributed by atoms with E-state index in [0.717, 1.165) is 51.1 Å². The maximum atomic E-state index is 10.3. The zero-order valence-electron chi connectivity index (χ0n) is 11.4. The molecular weight excluding hydrogens is 248 g/mol. The molecule has 0 saturated carbocycles. The number of hydrogen-bond acceptors (Lipinski definition) is 4. The van der Waals surface area contributed by atoms with Crippen molar-refractivity contribution in [2.24, 2.45) is 5.92 Å². The average molecular weight is 274 g/mol. The van der Waals surface area contributed by atoms with Crippen LogP contribution in [0.3, 0.4) is 0 Å². The lowest BCUT2D eigenvalue weighted by molar-refractivity contribution is -0.104. The van der Waals surface area contributed by atoms with Crippen molar-refractivity contribution in [3.8, 4) is 0 Å². The fraction of sp³-hybridized carbons (Fsp3) is 1.00. The molecule has 0 aliphatic carbocycles. The van der Waals surface area contributed by atoms with Crippen LogP contribution in [-0.4, -0.2) is 48.1 Å². The van der Waals surface area contributed by atoms with E-state index in [2.05, 4.69) is 6.92 Å². The summed E-state index contributed by atoms with van der Waals surface area (Å²) in [5.41, 5.74) is 0.0822. The van der Waals surface area contributed by atoms with E-state index in [1.807, 2.05) is 11.8 Å². The molecule has 0 aromatic rings. The molecule has 3 unspecified atom stereocenters. The van der Waals surface area contributed by atoms with E-state index in [4.69, 9.17) is 9.47 Å². The molecule has 0 aromatic carbocycles. The number of thioether (sulfide) groups is 1. The highest BCUT2D eigenvalue weighted by atomic mass is 32.2. The van der Waals surface area contributed by atoms with Crippen LogP contribution in [0.4, 0.5) is 0 Å². The smallest absolute Gasteiger partial charge is 0.0783 e. The van der Waals surface area contributed by atoms with Crippen LogP contribution in [0.15, 0.2) is 0 Å². The van der Waals surface area contributed by atoms with Crippen LogP contribution in [0.2, 0.25) is 0 Å². The second-order valence-electron chi connectivity index (χ2n) is 5.56. The van der Waals surface area contributed by atoms with Gasteiger partial charge in [0.2, 0.25) is 0 Å². The third-order valence-corrected chi connectivity index (χ3v) is 5.27. The van der Waals surface area contributed by atoms with Gasteiger partial charge >= 0.3 is 0 Å². The van der Waals surface area contributed by atoms with Gasteiger partial charge in [0.05, 0.1) is 11.7 Å². The van der Waals surface area contributed by atoms with Gasteiger partial charge in [0.15, 0.2) is 0 Å². The first kappa shape index (κ1) is 14.6. The normalized spacial score (nSPS) is 34.0. The van der Waals surface area contributed by atoms with Crippen molar-refractivity contribution in [1.29, 1.82) is 0 Å². The molecule has 0 aromatic heterocycles. The van der Waals surface area contributed by atoms with E-state index >= 15 is 0 Å². The van der Waals surface area contributed by atoms with Gasteiger partial charge in [-0.15, -0.1) is 0 Å². The van der Waals surface area contributed by atoms with Crippen molar-refractivity contribution < 1.29 is 14.6 Å². The Balaban J connectivity index is 1.74. The average Bonchev–Trinajstić information content (AvgIpc) is 2.82. The molecule has 0 radical (unpaired) electrons. The Morgan fingerprint density at radius 2 is 2.39 bits per heavy atom. The van der Waals surface area contributed by atoms with E-state index in [9.17, 15) is 5.11 Å². The summed E-state index contributed by atoms with van der Waals surface area (Å²) in [7, 11) is 0. The second-order valence-corrected chi connectivity index (χ2v) is 6.66. The summed E-state index contributed by atoms with van der Waals surface area (Å²) in [6, 6.07) is 0. The predicted molar refractivity (Wildman–Crippen MR) is 75.1 cm³/mol. The Morgan fingerprint density at radius 1 is 1.50 bits per heavy atom. The maximum Gasteiger partial charge on any atom is 0.0783 e. The molecule has 0 bridgehead atoms. The summed E-state index contributed by atoms with van der Waals surface area (Å²) in [4.78, 5) is 0. The Labute approximate surface area is 115 Å². The van der Waals surface area contributed by atoms with Crippen molar-refractivity contribution in [3.05, 3.63) is 0 Å². The van der Waals surface area contributed by atoms with Crippen molar-refractivity contribution in [2.45, 2.75) is 50.7 Å². The van der Waals surface area contributed by atoms with Crippen LogP contribution in [-0.2, 0) is 9.47 Å². The summed E-state index contributed by atoms with van der Waals surface area (Å²) in [5, 5.41) is 10.3. The van der Waals surface area contributed by atoms with Crippen LogP contribution in [0, 0.1) is 5.92 Å². The van der Waals surface area contributed by atoms with Crippen molar-refractivity contribution in [2.75, 3.05) is 31.3 Å². The Hall–Kier alpha value is 0.230. The van der Waals surface area contributed by atoms with Gasteiger partial charge in [-0.2, -0.15) is 11.8 Å². The summed E-state index contributed by atoms with van der Waals surface area (Å²) in [6.45, 7) is 4.42. The summed E-state index contributed by atoms with van der Waals surface area (Å²) in [5.74, 6) is 2.73. The number of aliphatic hydroxyl groups excluding tert-OH is 1. The zero-order valence-corrected chi connectivity index (χ0v) is 12.2. The topological polar surface area (TPSA) is 38.7 Å². The molecule has 3 nitrogen and oxygen atoms in total. The van der Waals surface area contributed by atoms with E-state index in [0.29, 0.717) is 12.5 Å². The van der Waals surface area contributed by atoms with Crippen molar-refractivity contribution in [3.63, 3.8) is 0 Å². The van der Waals surface area contributed by atoms with E-state index in [1.165, 1.54) is 5.75 Å². The third kappa shape index (κ3) is 3.86. The lowest BCUT2D eigenvalue weighted by Crippen LogP contribution is -2.43. The lowest BCUT2D eigenvalue weighted by Gasteiger charge is -2.39. The third-order valence-electron chi connectivity index (χ3n) is 4.05. The van der Waals surface area contributed by atoms with E-state index in [1.54, 1.807) is 0 Å². The summed E-state index contributed by atoms with van der Waals surface area (Å²) in [6.07, 6.45) is 4.80. The van der Waals surface area contributed by atoms with Crippen LogP contribution < -0.4 is 0 Å². The standard InChI is InChI=1S/C14H26O3S/c1-2-6-16-7-4-13(15)12-3-8-17-14(10-12)5-9-18-11-14/h12-13,15H,2-11H2,1H3. The molecule has 2 saturated heterocycles. The van der Waals surface area contributed by atoms with Gasteiger partial charge < -0.3 is 14.6 Å². The van der Waals surface area contributed by atoms with E-state index in [-0.39, 0.29) is 11.7 Å². The number of aliphatic hydroxyl groups is 1. The van der Waals surface area contributed by atoms with Crippen molar-refractivity contribution in [1.82, 2.24) is 0 Å². The molecule has 1 spiro atoms. The largest absolute Gasteiger partial charge is 0.393 e. The Morgan fingerprint density at radius 3 is 3.11 bits per heavy atom. The Kier molecular flexibility index (Phi) is 5.80. The monoisotopic (exact) mass is 274 g/mol. The van der Waals surface area contributed by atoms with Gasteiger partial charge in [0, 0.05) is 25.6 Å². The highest BCUT2D eigenvalue weighted by Gasteiger charge is 2.42. The maximum absolute atomic E-state index is 10.3. The second kappa shape index (κ2) is 7.13. The fourth-order valence-electron chi connectivity index (χ4n) is 2.94. The van der Waals surface area contributed by atoms with Gasteiger partial charge in [-0.3, -0.25) is 0 Å². The minimum atomic E-state index is -0.215. The minimum Gasteiger partial charge on any atom is -0.393 e. The van der Waals surface area contributed by atoms with Crippen molar-refractivity contribution >= 4 is 11.8 Å². The Bertz CT molecular complexity index is 241. The molecule has 18 heavy (non-hydrogen) atoms. The number of rotatable bonds is 6. The molecule has 2 heterocycles. The molecule has 3 atom stereocenters. The molecule has 2 fully saturated rings. The molecule has 0 amide bonds. The quantitative estimate of drug-likeness (QED) is 0.755. The molecule has 2 aliphatic rings. The fourth-order valence-corrected chi connectivity index (χ4v) is 4.32. The van der Waals surface area contributed by atoms with Crippen LogP contribution in [0.25, 0.3) is 0 Å². The molecule has 4 heteroatoms. The summed E-state index contributed by atoms with van der Waals surface area (Å²) >= 11 is 1.99.